The minimum atomic E-state index is -3.45. The molecule has 0 unspecified atom stereocenters. The number of hydrogen-bond donors (Lipinski definition) is 1. The number of sulfonamides is 1. The van der Waals surface area contributed by atoms with E-state index in [1.165, 1.54) is 4.31 Å². The summed E-state index contributed by atoms with van der Waals surface area (Å²) in [4.78, 5) is 23.9. The van der Waals surface area contributed by atoms with Crippen molar-refractivity contribution in [1.82, 2.24) is 9.62 Å². The van der Waals surface area contributed by atoms with Gasteiger partial charge in [0.25, 0.3) is 5.91 Å². The molecule has 8 heteroatoms. The average Bonchev–Trinajstić information content (AvgIpc) is 2.72. The van der Waals surface area contributed by atoms with Gasteiger partial charge in [-0.25, -0.2) is 8.42 Å². The summed E-state index contributed by atoms with van der Waals surface area (Å²) in [5, 5.41) is 2.78. The molecule has 1 aliphatic heterocycles. The average molecular weight is 425 g/mol. The molecule has 1 aliphatic rings. The number of amides is 1. The molecule has 1 aromatic rings. The van der Waals surface area contributed by atoms with Crippen LogP contribution in [0, 0.1) is 0 Å². The Morgan fingerprint density at radius 3 is 2.41 bits per heavy atom. The molecule has 1 amide bonds. The van der Waals surface area contributed by atoms with Gasteiger partial charge in [0, 0.05) is 25.6 Å². The summed E-state index contributed by atoms with van der Waals surface area (Å²) in [5.74, 6) is -0.750. The van der Waals surface area contributed by atoms with Crippen LogP contribution in [0.1, 0.15) is 57.9 Å². The molecule has 7 nitrogen and oxygen atoms in total. The van der Waals surface area contributed by atoms with E-state index in [1.54, 1.807) is 24.3 Å². The lowest BCUT2D eigenvalue weighted by atomic mass is 10.1. The van der Waals surface area contributed by atoms with E-state index in [4.69, 9.17) is 4.74 Å². The first-order valence-electron chi connectivity index (χ1n) is 10.4. The molecule has 162 valence electrons. The van der Waals surface area contributed by atoms with Crippen LogP contribution in [0.3, 0.4) is 0 Å². The maximum atomic E-state index is 12.6. The molecule has 0 bridgehead atoms. The third-order valence-electron chi connectivity index (χ3n) is 4.99. The molecule has 29 heavy (non-hydrogen) atoms. The predicted octanol–water partition coefficient (Wildman–Crippen LogP) is 2.64. The minimum absolute atomic E-state index is 0.0610. The molecule has 1 N–H and O–H groups in total. The molecular formula is C21H32N2O5S. The minimum Gasteiger partial charge on any atom is -0.456 e. The highest BCUT2D eigenvalue weighted by molar-refractivity contribution is 7.89. The molecular weight excluding hydrogens is 392 g/mol. The number of carbonyl (C=O) groups excluding carboxylic acids is 2. The molecule has 0 saturated carbocycles. The number of carbonyl (C=O) groups is 2. The number of rotatable bonds is 10. The summed E-state index contributed by atoms with van der Waals surface area (Å²) in [7, 11) is -3.45. The molecule has 1 aromatic carbocycles. The number of esters is 1. The second kappa shape index (κ2) is 11.3. The summed E-state index contributed by atoms with van der Waals surface area (Å²) in [6.45, 7) is 4.82. The van der Waals surface area contributed by atoms with Crippen LogP contribution in [0.5, 0.6) is 0 Å². The van der Waals surface area contributed by atoms with Gasteiger partial charge in [0.1, 0.15) is 0 Å². The Bertz CT molecular complexity index is 771. The molecule has 0 aromatic heterocycles. The molecule has 0 spiro atoms. The van der Waals surface area contributed by atoms with Crippen LogP contribution in [0.15, 0.2) is 29.2 Å². The summed E-state index contributed by atoms with van der Waals surface area (Å²) in [6.07, 6.45) is 5.28. The summed E-state index contributed by atoms with van der Waals surface area (Å²) >= 11 is 0. The van der Waals surface area contributed by atoms with Crippen molar-refractivity contribution in [3.63, 3.8) is 0 Å². The third kappa shape index (κ3) is 7.44. The lowest BCUT2D eigenvalue weighted by Crippen LogP contribution is -2.35. The van der Waals surface area contributed by atoms with Crippen LogP contribution in [0.2, 0.25) is 0 Å². The van der Waals surface area contributed by atoms with Gasteiger partial charge in [-0.15, -0.1) is 0 Å². The number of ether oxygens (including phenoxy) is 1. The van der Waals surface area contributed by atoms with Gasteiger partial charge in [-0.3, -0.25) is 9.59 Å². The number of nitrogens with one attached hydrogen (secondary N) is 1. The van der Waals surface area contributed by atoms with Crippen molar-refractivity contribution < 1.29 is 22.7 Å². The number of hydrogen-bond acceptors (Lipinski definition) is 5. The van der Waals surface area contributed by atoms with Crippen LogP contribution in [-0.4, -0.2) is 50.3 Å². The molecule has 1 heterocycles. The zero-order chi connectivity index (χ0) is 21.3. The van der Waals surface area contributed by atoms with Crippen LogP contribution in [0.4, 0.5) is 0 Å². The van der Waals surface area contributed by atoms with Gasteiger partial charge in [0.15, 0.2) is 6.61 Å². The molecule has 1 saturated heterocycles. The molecule has 1 atom stereocenters. The van der Waals surface area contributed by atoms with Crippen LogP contribution in [-0.2, 0) is 30.8 Å². The van der Waals surface area contributed by atoms with Gasteiger partial charge in [0.2, 0.25) is 10.0 Å². The number of benzene rings is 1. The van der Waals surface area contributed by atoms with Gasteiger partial charge in [0.05, 0.1) is 4.90 Å². The first-order chi connectivity index (χ1) is 13.8. The third-order valence-corrected chi connectivity index (χ3v) is 6.90. The number of aryl methyl sites for hydroxylation is 1. The number of nitrogens with zero attached hydrogens (tertiary/aromatic N) is 1. The summed E-state index contributed by atoms with van der Waals surface area (Å²) in [5.41, 5.74) is 0.848. The SMILES string of the molecule is CCC[C@@H](C)NC(=O)COC(=O)CCc1ccc(S(=O)(=O)N2CCCCC2)cc1. The molecule has 0 aliphatic carbocycles. The highest BCUT2D eigenvalue weighted by Gasteiger charge is 2.25. The Labute approximate surface area is 173 Å². The topological polar surface area (TPSA) is 92.8 Å². The van der Waals surface area contributed by atoms with Gasteiger partial charge in [-0.2, -0.15) is 4.31 Å². The number of piperidine rings is 1. The van der Waals surface area contributed by atoms with Crippen molar-refractivity contribution in [3.05, 3.63) is 29.8 Å². The highest BCUT2D eigenvalue weighted by Crippen LogP contribution is 2.21. The lowest BCUT2D eigenvalue weighted by Gasteiger charge is -2.25. The first kappa shape index (κ1) is 23.3. The first-order valence-corrected chi connectivity index (χ1v) is 11.8. The maximum absolute atomic E-state index is 12.6. The second-order valence-corrected chi connectivity index (χ2v) is 9.46. The highest BCUT2D eigenvalue weighted by atomic mass is 32.2. The Morgan fingerprint density at radius 1 is 1.14 bits per heavy atom. The van der Waals surface area contributed by atoms with Gasteiger partial charge in [-0.05, 0) is 50.3 Å². The van der Waals surface area contributed by atoms with E-state index in [1.807, 2.05) is 13.8 Å². The fraction of sp³-hybridized carbons (Fsp3) is 0.619. The largest absolute Gasteiger partial charge is 0.456 e. The Kier molecular flexibility index (Phi) is 9.10. The standard InChI is InChI=1S/C21H32N2O5S/c1-3-7-17(2)22-20(24)16-28-21(25)13-10-18-8-11-19(12-9-18)29(26,27)23-14-5-4-6-15-23/h8-9,11-12,17H,3-7,10,13-16H2,1-2H3,(H,22,24)/t17-/m1/s1. The Balaban J connectivity index is 1.78. The van der Waals surface area contributed by atoms with Crippen molar-refractivity contribution in [2.45, 2.75) is 69.7 Å². The van der Waals surface area contributed by atoms with Crippen molar-refractivity contribution in [2.75, 3.05) is 19.7 Å². The van der Waals surface area contributed by atoms with Crippen molar-refractivity contribution >= 4 is 21.9 Å². The van der Waals surface area contributed by atoms with E-state index >= 15 is 0 Å². The zero-order valence-corrected chi connectivity index (χ0v) is 18.2. The normalized spacial score (nSPS) is 16.2. The second-order valence-electron chi connectivity index (χ2n) is 7.53. The summed E-state index contributed by atoms with van der Waals surface area (Å²) in [6, 6.07) is 6.69. The van der Waals surface area contributed by atoms with Crippen LogP contribution < -0.4 is 5.32 Å². The smallest absolute Gasteiger partial charge is 0.306 e. The molecule has 1 fully saturated rings. The van der Waals surface area contributed by atoms with Crippen molar-refractivity contribution in [1.29, 1.82) is 0 Å². The molecule has 0 radical (unpaired) electrons. The lowest BCUT2D eigenvalue weighted by molar-refractivity contribution is -0.148. The van der Waals surface area contributed by atoms with E-state index in [0.717, 1.165) is 37.7 Å². The van der Waals surface area contributed by atoms with Gasteiger partial charge < -0.3 is 10.1 Å². The van der Waals surface area contributed by atoms with E-state index in [-0.39, 0.29) is 29.9 Å². The van der Waals surface area contributed by atoms with Crippen LogP contribution in [0.25, 0.3) is 0 Å². The molecule has 2 rings (SSSR count). The van der Waals surface area contributed by atoms with E-state index < -0.39 is 16.0 Å². The quantitative estimate of drug-likeness (QED) is 0.583. The maximum Gasteiger partial charge on any atom is 0.306 e. The summed E-state index contributed by atoms with van der Waals surface area (Å²) < 4.78 is 31.8. The van der Waals surface area contributed by atoms with Gasteiger partial charge >= 0.3 is 5.97 Å². The van der Waals surface area contributed by atoms with Gasteiger partial charge in [-0.1, -0.05) is 31.9 Å². The van der Waals surface area contributed by atoms with E-state index in [9.17, 15) is 18.0 Å². The fourth-order valence-electron chi connectivity index (χ4n) is 3.37. The van der Waals surface area contributed by atoms with E-state index in [0.29, 0.717) is 19.5 Å². The van der Waals surface area contributed by atoms with Crippen molar-refractivity contribution in [2.24, 2.45) is 0 Å². The van der Waals surface area contributed by atoms with Crippen LogP contribution >= 0.6 is 0 Å². The predicted molar refractivity (Wildman–Crippen MR) is 111 cm³/mol. The van der Waals surface area contributed by atoms with Crippen molar-refractivity contribution in [3.8, 4) is 0 Å². The Hall–Kier alpha value is -1.93. The fourth-order valence-corrected chi connectivity index (χ4v) is 4.89. The Morgan fingerprint density at radius 2 is 1.79 bits per heavy atom. The van der Waals surface area contributed by atoms with E-state index in [2.05, 4.69) is 5.32 Å². The monoisotopic (exact) mass is 424 g/mol. The zero-order valence-electron chi connectivity index (χ0n) is 17.4.